The summed E-state index contributed by atoms with van der Waals surface area (Å²) in [5.41, 5.74) is 1.81. The lowest BCUT2D eigenvalue weighted by Gasteiger charge is -2.12. The lowest BCUT2D eigenvalue weighted by atomic mass is 10.1. The fourth-order valence-electron chi connectivity index (χ4n) is 1.71. The van der Waals surface area contributed by atoms with Crippen molar-refractivity contribution in [3.8, 4) is 11.5 Å². The van der Waals surface area contributed by atoms with Crippen LogP contribution in [-0.4, -0.2) is 28.6 Å². The number of aliphatic hydroxyl groups is 1. The molecule has 0 aliphatic rings. The monoisotopic (exact) mass is 260 g/mol. The number of nitrogens with one attached hydrogen (secondary N) is 1. The minimum absolute atomic E-state index is 0.0945. The van der Waals surface area contributed by atoms with E-state index < -0.39 is 0 Å². The number of amides is 1. The number of nitrogens with zero attached hydrogens (tertiary/aromatic N) is 1. The van der Waals surface area contributed by atoms with Crippen molar-refractivity contribution in [1.82, 2.24) is 10.3 Å². The zero-order valence-corrected chi connectivity index (χ0v) is 10.9. The molecule has 0 spiro atoms. The van der Waals surface area contributed by atoms with Crippen LogP contribution in [0.5, 0.6) is 0 Å². The highest BCUT2D eigenvalue weighted by Crippen LogP contribution is 2.19. The molecule has 1 atom stereocenters. The SMILES string of the molecule is Cc1nc(-c2ccco2)ccc1C(=O)NC(C)CO. The molecule has 1 unspecified atom stereocenters. The van der Waals surface area contributed by atoms with Gasteiger partial charge < -0.3 is 14.8 Å². The predicted octanol–water partition coefficient (Wildman–Crippen LogP) is 1.76. The van der Waals surface area contributed by atoms with E-state index in [1.165, 1.54) is 0 Å². The standard InChI is InChI=1S/C14H16N2O3/c1-9(8-17)15-14(18)11-5-6-12(16-10(11)2)13-4-3-7-19-13/h3-7,9,17H,8H2,1-2H3,(H,15,18). The molecule has 2 rings (SSSR count). The van der Waals surface area contributed by atoms with Gasteiger partial charge in [0.05, 0.1) is 24.1 Å². The zero-order valence-electron chi connectivity index (χ0n) is 10.9. The van der Waals surface area contributed by atoms with Gasteiger partial charge in [-0.15, -0.1) is 0 Å². The van der Waals surface area contributed by atoms with Crippen molar-refractivity contribution >= 4 is 5.91 Å². The molecule has 1 amide bonds. The summed E-state index contributed by atoms with van der Waals surface area (Å²) in [6, 6.07) is 6.77. The Morgan fingerprint density at radius 1 is 1.47 bits per heavy atom. The molecule has 0 aliphatic heterocycles. The average Bonchev–Trinajstić information content (AvgIpc) is 2.92. The van der Waals surface area contributed by atoms with Crippen LogP contribution in [0.1, 0.15) is 23.0 Å². The first-order valence-electron chi connectivity index (χ1n) is 6.05. The highest BCUT2D eigenvalue weighted by atomic mass is 16.3. The van der Waals surface area contributed by atoms with Crippen molar-refractivity contribution < 1.29 is 14.3 Å². The maximum atomic E-state index is 11.9. The van der Waals surface area contributed by atoms with Crippen LogP contribution in [0.3, 0.4) is 0 Å². The number of pyridine rings is 1. The number of aliphatic hydroxyl groups excluding tert-OH is 1. The summed E-state index contributed by atoms with van der Waals surface area (Å²) in [7, 11) is 0. The first-order valence-corrected chi connectivity index (χ1v) is 6.05. The molecule has 5 nitrogen and oxygen atoms in total. The molecule has 19 heavy (non-hydrogen) atoms. The second-order valence-electron chi connectivity index (χ2n) is 4.36. The van der Waals surface area contributed by atoms with Gasteiger partial charge in [-0.05, 0) is 38.1 Å². The maximum Gasteiger partial charge on any atom is 0.253 e. The van der Waals surface area contributed by atoms with Crippen molar-refractivity contribution in [2.24, 2.45) is 0 Å². The minimum Gasteiger partial charge on any atom is -0.463 e. The number of aryl methyl sites for hydroxylation is 1. The zero-order chi connectivity index (χ0) is 13.8. The molecule has 2 N–H and O–H groups in total. The van der Waals surface area contributed by atoms with Gasteiger partial charge in [-0.3, -0.25) is 4.79 Å². The number of hydrogen-bond donors (Lipinski definition) is 2. The molecule has 0 aromatic carbocycles. The summed E-state index contributed by atoms with van der Waals surface area (Å²) in [6.07, 6.45) is 1.58. The van der Waals surface area contributed by atoms with E-state index in [4.69, 9.17) is 9.52 Å². The lowest BCUT2D eigenvalue weighted by Crippen LogP contribution is -2.35. The van der Waals surface area contributed by atoms with Gasteiger partial charge in [-0.25, -0.2) is 4.98 Å². The third-order valence-corrected chi connectivity index (χ3v) is 2.76. The summed E-state index contributed by atoms with van der Waals surface area (Å²) < 4.78 is 5.26. The quantitative estimate of drug-likeness (QED) is 0.878. The Balaban J connectivity index is 2.22. The van der Waals surface area contributed by atoms with Crippen LogP contribution in [0.2, 0.25) is 0 Å². The van der Waals surface area contributed by atoms with E-state index in [9.17, 15) is 4.79 Å². The Morgan fingerprint density at radius 2 is 2.26 bits per heavy atom. The van der Waals surface area contributed by atoms with Crippen LogP contribution in [-0.2, 0) is 0 Å². The van der Waals surface area contributed by atoms with E-state index >= 15 is 0 Å². The number of hydrogen-bond acceptors (Lipinski definition) is 4. The van der Waals surface area contributed by atoms with Crippen LogP contribution in [0.15, 0.2) is 34.9 Å². The molecule has 0 radical (unpaired) electrons. The molecular weight excluding hydrogens is 244 g/mol. The molecule has 0 bridgehead atoms. The van der Waals surface area contributed by atoms with Crippen molar-refractivity contribution in [1.29, 1.82) is 0 Å². The molecule has 2 aromatic rings. The number of furan rings is 1. The molecule has 2 aromatic heterocycles. The molecule has 2 heterocycles. The van der Waals surface area contributed by atoms with Gasteiger partial charge in [0.15, 0.2) is 5.76 Å². The highest BCUT2D eigenvalue weighted by molar-refractivity contribution is 5.95. The van der Waals surface area contributed by atoms with E-state index in [-0.39, 0.29) is 18.6 Å². The van der Waals surface area contributed by atoms with Crippen molar-refractivity contribution in [3.63, 3.8) is 0 Å². The first kappa shape index (κ1) is 13.3. The third kappa shape index (κ3) is 3.00. The van der Waals surface area contributed by atoms with E-state index in [1.54, 1.807) is 38.3 Å². The Labute approximate surface area is 111 Å². The molecule has 0 saturated heterocycles. The van der Waals surface area contributed by atoms with Crippen molar-refractivity contribution in [2.45, 2.75) is 19.9 Å². The van der Waals surface area contributed by atoms with Gasteiger partial charge in [0.2, 0.25) is 0 Å². The fourth-order valence-corrected chi connectivity index (χ4v) is 1.71. The predicted molar refractivity (Wildman–Crippen MR) is 70.7 cm³/mol. The highest BCUT2D eigenvalue weighted by Gasteiger charge is 2.13. The van der Waals surface area contributed by atoms with E-state index in [1.807, 2.05) is 6.07 Å². The smallest absolute Gasteiger partial charge is 0.253 e. The maximum absolute atomic E-state index is 11.9. The number of carbonyl (C=O) groups excluding carboxylic acids is 1. The lowest BCUT2D eigenvalue weighted by molar-refractivity contribution is 0.0921. The summed E-state index contributed by atoms with van der Waals surface area (Å²) in [5, 5.41) is 11.6. The summed E-state index contributed by atoms with van der Waals surface area (Å²) >= 11 is 0. The van der Waals surface area contributed by atoms with Gasteiger partial charge in [0.25, 0.3) is 5.91 Å². The van der Waals surface area contributed by atoms with Crippen LogP contribution in [0.25, 0.3) is 11.5 Å². The van der Waals surface area contributed by atoms with Gasteiger partial charge in [-0.1, -0.05) is 0 Å². The molecule has 0 aliphatic carbocycles. The Hall–Kier alpha value is -2.14. The third-order valence-electron chi connectivity index (χ3n) is 2.76. The van der Waals surface area contributed by atoms with E-state index in [2.05, 4.69) is 10.3 Å². The fraction of sp³-hybridized carbons (Fsp3) is 0.286. The summed E-state index contributed by atoms with van der Waals surface area (Å²) in [4.78, 5) is 16.3. The van der Waals surface area contributed by atoms with Crippen LogP contribution in [0, 0.1) is 6.92 Å². The van der Waals surface area contributed by atoms with Gasteiger partial charge >= 0.3 is 0 Å². The molecule has 0 fully saturated rings. The van der Waals surface area contributed by atoms with Crippen LogP contribution in [0.4, 0.5) is 0 Å². The minimum atomic E-state index is -0.281. The van der Waals surface area contributed by atoms with Crippen LogP contribution >= 0.6 is 0 Å². The second-order valence-corrected chi connectivity index (χ2v) is 4.36. The molecular formula is C14H16N2O3. The van der Waals surface area contributed by atoms with E-state index in [0.717, 1.165) is 0 Å². The van der Waals surface area contributed by atoms with Crippen molar-refractivity contribution in [3.05, 3.63) is 41.8 Å². The van der Waals surface area contributed by atoms with E-state index in [0.29, 0.717) is 22.7 Å². The number of carbonyl (C=O) groups is 1. The number of rotatable bonds is 4. The Bertz CT molecular complexity index is 564. The molecule has 0 saturated carbocycles. The van der Waals surface area contributed by atoms with Crippen molar-refractivity contribution in [2.75, 3.05) is 6.61 Å². The summed E-state index contributed by atoms with van der Waals surface area (Å²) in [6.45, 7) is 3.41. The van der Waals surface area contributed by atoms with Gasteiger partial charge in [-0.2, -0.15) is 0 Å². The summed E-state index contributed by atoms with van der Waals surface area (Å²) in [5.74, 6) is 0.427. The van der Waals surface area contributed by atoms with Crippen LogP contribution < -0.4 is 5.32 Å². The molecule has 5 heteroatoms. The van der Waals surface area contributed by atoms with Gasteiger partial charge in [0.1, 0.15) is 5.69 Å². The average molecular weight is 260 g/mol. The molecule has 100 valence electrons. The Kier molecular flexibility index (Phi) is 3.97. The topological polar surface area (TPSA) is 75.4 Å². The largest absolute Gasteiger partial charge is 0.463 e. The normalized spacial score (nSPS) is 12.2. The number of aromatic nitrogens is 1. The first-order chi connectivity index (χ1) is 9.11. The second kappa shape index (κ2) is 5.67. The van der Waals surface area contributed by atoms with Gasteiger partial charge in [0, 0.05) is 6.04 Å². The Morgan fingerprint density at radius 3 is 2.84 bits per heavy atom.